The Labute approximate surface area is 115 Å². The molecule has 1 aliphatic heterocycles. The number of likely N-dealkylation sites (tertiary alicyclic amines) is 1. The molecule has 1 aromatic carbocycles. The van der Waals surface area contributed by atoms with E-state index in [4.69, 9.17) is 0 Å². The van der Waals surface area contributed by atoms with Crippen LogP contribution in [0.2, 0.25) is 0 Å². The lowest BCUT2D eigenvalue weighted by atomic mass is 10.1. The summed E-state index contributed by atoms with van der Waals surface area (Å²) >= 11 is 0. The van der Waals surface area contributed by atoms with Crippen molar-refractivity contribution in [3.8, 4) is 0 Å². The molecule has 0 spiro atoms. The van der Waals surface area contributed by atoms with Gasteiger partial charge in [0.1, 0.15) is 0 Å². The number of carbonyl (C=O) groups excluding carboxylic acids is 1. The van der Waals surface area contributed by atoms with Gasteiger partial charge in [0, 0.05) is 18.3 Å². The van der Waals surface area contributed by atoms with Crippen molar-refractivity contribution in [2.75, 3.05) is 32.0 Å². The second-order valence-corrected chi connectivity index (χ2v) is 5.28. The Balaban J connectivity index is 1.84. The number of anilines is 1. The minimum atomic E-state index is 0.0716. The van der Waals surface area contributed by atoms with E-state index in [1.807, 2.05) is 38.2 Å². The lowest BCUT2D eigenvalue weighted by Gasteiger charge is -2.31. The monoisotopic (exact) mass is 261 g/mol. The number of hydrogen-bond acceptors (Lipinski definition) is 3. The summed E-state index contributed by atoms with van der Waals surface area (Å²) in [5, 5.41) is 6.25. The van der Waals surface area contributed by atoms with E-state index in [1.165, 1.54) is 6.42 Å². The molecule has 19 heavy (non-hydrogen) atoms. The first-order valence-corrected chi connectivity index (χ1v) is 6.93. The average molecular weight is 261 g/mol. The maximum absolute atomic E-state index is 12.0. The van der Waals surface area contributed by atoms with Crippen LogP contribution in [0.3, 0.4) is 0 Å². The smallest absolute Gasteiger partial charge is 0.238 e. The van der Waals surface area contributed by atoms with Gasteiger partial charge >= 0.3 is 0 Å². The molecule has 1 aromatic rings. The van der Waals surface area contributed by atoms with E-state index in [2.05, 4.69) is 15.5 Å². The van der Waals surface area contributed by atoms with Crippen LogP contribution in [-0.4, -0.2) is 43.5 Å². The number of hydrogen-bond donors (Lipinski definition) is 2. The molecule has 0 aliphatic carbocycles. The maximum Gasteiger partial charge on any atom is 0.238 e. The van der Waals surface area contributed by atoms with E-state index < -0.39 is 0 Å². The summed E-state index contributed by atoms with van der Waals surface area (Å²) in [5.41, 5.74) is 2.04. The third kappa shape index (κ3) is 4.33. The van der Waals surface area contributed by atoms with Gasteiger partial charge < -0.3 is 10.6 Å². The minimum Gasteiger partial charge on any atom is -0.325 e. The molecule has 0 saturated carbocycles. The van der Waals surface area contributed by atoms with E-state index in [0.29, 0.717) is 12.6 Å². The van der Waals surface area contributed by atoms with Crippen molar-refractivity contribution in [2.45, 2.75) is 25.8 Å². The van der Waals surface area contributed by atoms with Crippen LogP contribution in [0.25, 0.3) is 0 Å². The molecule has 0 bridgehead atoms. The van der Waals surface area contributed by atoms with E-state index in [-0.39, 0.29) is 5.91 Å². The Morgan fingerprint density at radius 2 is 2.32 bits per heavy atom. The van der Waals surface area contributed by atoms with Crippen molar-refractivity contribution in [2.24, 2.45) is 0 Å². The highest BCUT2D eigenvalue weighted by molar-refractivity contribution is 5.92. The Hall–Kier alpha value is -1.39. The van der Waals surface area contributed by atoms with Crippen molar-refractivity contribution in [1.82, 2.24) is 10.2 Å². The van der Waals surface area contributed by atoms with Crippen LogP contribution in [0.4, 0.5) is 5.69 Å². The zero-order valence-electron chi connectivity index (χ0n) is 11.8. The van der Waals surface area contributed by atoms with Crippen molar-refractivity contribution in [3.05, 3.63) is 29.8 Å². The number of likely N-dealkylation sites (N-methyl/N-ethyl adjacent to an activating group) is 1. The first-order chi connectivity index (χ1) is 9.17. The molecule has 0 aromatic heterocycles. The summed E-state index contributed by atoms with van der Waals surface area (Å²) in [7, 11) is 1.99. The van der Waals surface area contributed by atoms with Gasteiger partial charge in [-0.1, -0.05) is 12.1 Å². The highest BCUT2D eigenvalue weighted by Crippen LogP contribution is 2.11. The van der Waals surface area contributed by atoms with Gasteiger partial charge in [0.2, 0.25) is 5.91 Å². The lowest BCUT2D eigenvalue weighted by molar-refractivity contribution is -0.117. The highest BCUT2D eigenvalue weighted by atomic mass is 16.2. The number of carbonyl (C=O) groups is 1. The largest absolute Gasteiger partial charge is 0.325 e. The molecule has 2 N–H and O–H groups in total. The molecule has 1 aliphatic rings. The Morgan fingerprint density at radius 3 is 3.05 bits per heavy atom. The molecular formula is C15H23N3O. The van der Waals surface area contributed by atoms with E-state index in [9.17, 15) is 4.79 Å². The van der Waals surface area contributed by atoms with Crippen LogP contribution in [0, 0.1) is 6.92 Å². The molecule has 1 fully saturated rings. The molecule has 104 valence electrons. The van der Waals surface area contributed by atoms with Gasteiger partial charge in [0.05, 0.1) is 6.54 Å². The van der Waals surface area contributed by atoms with Crippen molar-refractivity contribution < 1.29 is 4.79 Å². The van der Waals surface area contributed by atoms with Gasteiger partial charge in [-0.2, -0.15) is 0 Å². The normalized spacial score (nSPS) is 20.2. The molecular weight excluding hydrogens is 238 g/mol. The zero-order chi connectivity index (χ0) is 13.7. The first-order valence-electron chi connectivity index (χ1n) is 6.93. The number of amides is 1. The van der Waals surface area contributed by atoms with Crippen LogP contribution in [0.15, 0.2) is 24.3 Å². The maximum atomic E-state index is 12.0. The number of nitrogens with zero attached hydrogens (tertiary/aromatic N) is 1. The molecule has 1 heterocycles. The molecule has 4 heteroatoms. The zero-order valence-corrected chi connectivity index (χ0v) is 11.8. The second kappa shape index (κ2) is 6.68. The molecule has 1 atom stereocenters. The summed E-state index contributed by atoms with van der Waals surface area (Å²) in [6.07, 6.45) is 2.36. The molecule has 1 unspecified atom stereocenters. The van der Waals surface area contributed by atoms with Gasteiger partial charge in [0.15, 0.2) is 0 Å². The van der Waals surface area contributed by atoms with Crippen molar-refractivity contribution in [3.63, 3.8) is 0 Å². The van der Waals surface area contributed by atoms with Gasteiger partial charge in [-0.25, -0.2) is 0 Å². The summed E-state index contributed by atoms with van der Waals surface area (Å²) in [5.74, 6) is 0.0716. The van der Waals surface area contributed by atoms with Gasteiger partial charge in [-0.15, -0.1) is 0 Å². The standard InChI is InChI=1S/C15H23N3O/c1-12-5-3-6-13(9-12)17-15(19)11-18-8-4-7-14(10-18)16-2/h3,5-6,9,14,16H,4,7-8,10-11H2,1-2H3,(H,17,19). The van der Waals surface area contributed by atoms with Gasteiger partial charge in [0.25, 0.3) is 0 Å². The molecule has 1 saturated heterocycles. The quantitative estimate of drug-likeness (QED) is 0.865. The summed E-state index contributed by atoms with van der Waals surface area (Å²) in [6, 6.07) is 8.42. The SMILES string of the molecule is CNC1CCCN(CC(=O)Nc2cccc(C)c2)C1. The summed E-state index contributed by atoms with van der Waals surface area (Å²) in [6.45, 7) is 4.47. The average Bonchev–Trinajstić information content (AvgIpc) is 2.38. The van der Waals surface area contributed by atoms with E-state index >= 15 is 0 Å². The molecule has 1 amide bonds. The van der Waals surface area contributed by atoms with Crippen LogP contribution in [-0.2, 0) is 4.79 Å². The van der Waals surface area contributed by atoms with Crippen molar-refractivity contribution >= 4 is 11.6 Å². The van der Waals surface area contributed by atoms with Gasteiger partial charge in [-0.05, 0) is 51.1 Å². The summed E-state index contributed by atoms with van der Waals surface area (Å²) in [4.78, 5) is 14.2. The number of aryl methyl sites for hydroxylation is 1. The van der Waals surface area contributed by atoms with Crippen molar-refractivity contribution in [1.29, 1.82) is 0 Å². The first kappa shape index (κ1) is 14.0. The van der Waals surface area contributed by atoms with Crippen LogP contribution in [0.1, 0.15) is 18.4 Å². The molecule has 4 nitrogen and oxygen atoms in total. The van der Waals surface area contributed by atoms with Gasteiger partial charge in [-0.3, -0.25) is 9.69 Å². The Kier molecular flexibility index (Phi) is 4.93. The van der Waals surface area contributed by atoms with E-state index in [1.54, 1.807) is 0 Å². The third-order valence-electron chi connectivity index (χ3n) is 3.58. The fraction of sp³-hybridized carbons (Fsp3) is 0.533. The molecule has 0 radical (unpaired) electrons. The second-order valence-electron chi connectivity index (χ2n) is 5.28. The highest BCUT2D eigenvalue weighted by Gasteiger charge is 2.20. The number of nitrogens with one attached hydrogen (secondary N) is 2. The van der Waals surface area contributed by atoms with Crippen LogP contribution < -0.4 is 10.6 Å². The predicted octanol–water partition coefficient (Wildman–Crippen LogP) is 1.62. The number of rotatable bonds is 4. The Morgan fingerprint density at radius 1 is 1.47 bits per heavy atom. The van der Waals surface area contributed by atoms with Crippen LogP contribution in [0.5, 0.6) is 0 Å². The Bertz CT molecular complexity index is 433. The lowest BCUT2D eigenvalue weighted by Crippen LogP contribution is -2.46. The third-order valence-corrected chi connectivity index (χ3v) is 3.58. The van der Waals surface area contributed by atoms with E-state index in [0.717, 1.165) is 30.8 Å². The number of benzene rings is 1. The minimum absolute atomic E-state index is 0.0716. The van der Waals surface area contributed by atoms with Crippen LogP contribution >= 0.6 is 0 Å². The predicted molar refractivity (Wildman–Crippen MR) is 78.3 cm³/mol. The fourth-order valence-corrected chi connectivity index (χ4v) is 2.56. The number of piperidine rings is 1. The fourth-order valence-electron chi connectivity index (χ4n) is 2.56. The topological polar surface area (TPSA) is 44.4 Å². The molecule has 2 rings (SSSR count). The summed E-state index contributed by atoms with van der Waals surface area (Å²) < 4.78 is 0.